The van der Waals surface area contributed by atoms with E-state index in [-0.39, 0.29) is 5.75 Å². The van der Waals surface area contributed by atoms with Crippen LogP contribution in [0.25, 0.3) is 0 Å². The average molecular weight is 183 g/mol. The number of benzene rings is 1. The summed E-state index contributed by atoms with van der Waals surface area (Å²) in [6.07, 6.45) is 0. The quantitative estimate of drug-likeness (QED) is 0.703. The molecule has 76 valence electrons. The summed E-state index contributed by atoms with van der Waals surface area (Å²) in [6, 6.07) is 6.86. The van der Waals surface area contributed by atoms with Crippen molar-refractivity contribution in [2.24, 2.45) is 5.73 Å². The number of phenols is 1. The van der Waals surface area contributed by atoms with Gasteiger partial charge in [0.2, 0.25) is 0 Å². The molecule has 0 unspecified atom stereocenters. The number of hydrogen-bond donors (Lipinski definition) is 2. The minimum absolute atomic E-state index is 0.284. The van der Waals surface area contributed by atoms with E-state index in [1.165, 1.54) is 0 Å². The summed E-state index contributed by atoms with van der Waals surface area (Å²) in [5, 5.41) is 8.81. The van der Waals surface area contributed by atoms with Crippen LogP contribution in [0.15, 0.2) is 24.3 Å². The molecule has 0 saturated heterocycles. The van der Waals surface area contributed by atoms with Crippen LogP contribution in [0, 0.1) is 0 Å². The van der Waals surface area contributed by atoms with Crippen LogP contribution in [0.4, 0.5) is 0 Å². The van der Waals surface area contributed by atoms with Crippen LogP contribution in [0.1, 0.15) is 33.3 Å². The Balaban J connectivity index is 0. The standard InChI is InChI=1S/C7H9NO.2C2H6/c8-5-6-1-3-7(9)4-2-6;2*1-2/h1-4,9H,5,8H2;2*1-2H3. The maximum atomic E-state index is 8.81. The van der Waals surface area contributed by atoms with Gasteiger partial charge in [-0.1, -0.05) is 39.8 Å². The predicted octanol–water partition coefficient (Wildman–Crippen LogP) is 2.90. The van der Waals surface area contributed by atoms with Gasteiger partial charge in [0.25, 0.3) is 0 Å². The van der Waals surface area contributed by atoms with Gasteiger partial charge in [-0.3, -0.25) is 0 Å². The van der Waals surface area contributed by atoms with Crippen LogP contribution in [-0.4, -0.2) is 5.11 Å². The first kappa shape index (κ1) is 14.5. The Labute approximate surface area is 81.4 Å². The molecule has 0 aliphatic carbocycles. The van der Waals surface area contributed by atoms with E-state index < -0.39 is 0 Å². The molecule has 0 aromatic heterocycles. The van der Waals surface area contributed by atoms with Crippen molar-refractivity contribution < 1.29 is 5.11 Å². The molecule has 0 aliphatic rings. The van der Waals surface area contributed by atoms with Crippen molar-refractivity contribution in [1.82, 2.24) is 0 Å². The number of hydrogen-bond acceptors (Lipinski definition) is 2. The van der Waals surface area contributed by atoms with Crippen LogP contribution >= 0.6 is 0 Å². The third-order valence-electron chi connectivity index (χ3n) is 1.17. The number of aromatic hydroxyl groups is 1. The lowest BCUT2D eigenvalue weighted by Crippen LogP contribution is -1.94. The molecule has 0 bridgehead atoms. The molecule has 1 aromatic carbocycles. The molecule has 0 atom stereocenters. The van der Waals surface area contributed by atoms with E-state index in [9.17, 15) is 0 Å². The molecule has 0 spiro atoms. The lowest BCUT2D eigenvalue weighted by atomic mass is 10.2. The minimum atomic E-state index is 0.284. The van der Waals surface area contributed by atoms with Gasteiger partial charge in [-0.15, -0.1) is 0 Å². The molecule has 13 heavy (non-hydrogen) atoms. The second-order valence-corrected chi connectivity index (χ2v) is 1.87. The zero-order valence-corrected chi connectivity index (χ0v) is 9.04. The van der Waals surface area contributed by atoms with Crippen molar-refractivity contribution >= 4 is 0 Å². The van der Waals surface area contributed by atoms with Crippen molar-refractivity contribution in [1.29, 1.82) is 0 Å². The van der Waals surface area contributed by atoms with Gasteiger partial charge in [-0.2, -0.15) is 0 Å². The zero-order chi connectivity index (χ0) is 10.7. The molecule has 0 fully saturated rings. The first-order chi connectivity index (χ1) is 6.33. The SMILES string of the molecule is CC.CC.NCc1ccc(O)cc1. The number of rotatable bonds is 1. The largest absolute Gasteiger partial charge is 0.508 e. The van der Waals surface area contributed by atoms with E-state index in [4.69, 9.17) is 10.8 Å². The summed E-state index contributed by atoms with van der Waals surface area (Å²) in [4.78, 5) is 0. The van der Waals surface area contributed by atoms with Crippen LogP contribution in [0.3, 0.4) is 0 Å². The van der Waals surface area contributed by atoms with Crippen LogP contribution in [0.2, 0.25) is 0 Å². The molecule has 3 N–H and O–H groups in total. The molecule has 0 heterocycles. The van der Waals surface area contributed by atoms with Crippen molar-refractivity contribution in [3.05, 3.63) is 29.8 Å². The highest BCUT2D eigenvalue weighted by molar-refractivity contribution is 5.25. The lowest BCUT2D eigenvalue weighted by molar-refractivity contribution is 0.475. The third-order valence-corrected chi connectivity index (χ3v) is 1.17. The van der Waals surface area contributed by atoms with Crippen molar-refractivity contribution in [2.45, 2.75) is 34.2 Å². The fourth-order valence-electron chi connectivity index (χ4n) is 0.632. The van der Waals surface area contributed by atoms with Gasteiger partial charge >= 0.3 is 0 Å². The molecule has 0 radical (unpaired) electrons. The third kappa shape index (κ3) is 7.34. The highest BCUT2D eigenvalue weighted by atomic mass is 16.3. The molecule has 2 heteroatoms. The smallest absolute Gasteiger partial charge is 0.115 e. The molecule has 0 saturated carbocycles. The van der Waals surface area contributed by atoms with Gasteiger partial charge in [-0.05, 0) is 17.7 Å². The van der Waals surface area contributed by atoms with Gasteiger partial charge in [0.1, 0.15) is 5.75 Å². The van der Waals surface area contributed by atoms with Crippen LogP contribution in [0.5, 0.6) is 5.75 Å². The summed E-state index contributed by atoms with van der Waals surface area (Å²) >= 11 is 0. The summed E-state index contributed by atoms with van der Waals surface area (Å²) < 4.78 is 0. The monoisotopic (exact) mass is 183 g/mol. The fourth-order valence-corrected chi connectivity index (χ4v) is 0.632. The zero-order valence-electron chi connectivity index (χ0n) is 9.04. The molecular weight excluding hydrogens is 162 g/mol. The average Bonchev–Trinajstić information content (AvgIpc) is 2.25. The molecule has 0 aliphatic heterocycles. The van der Waals surface area contributed by atoms with E-state index in [0.717, 1.165) is 5.56 Å². The van der Waals surface area contributed by atoms with E-state index in [1.54, 1.807) is 24.3 Å². The lowest BCUT2D eigenvalue weighted by Gasteiger charge is -1.93. The molecule has 0 amide bonds. The van der Waals surface area contributed by atoms with Crippen molar-refractivity contribution in [3.63, 3.8) is 0 Å². The summed E-state index contributed by atoms with van der Waals surface area (Å²) in [7, 11) is 0. The Morgan fingerprint density at radius 3 is 1.69 bits per heavy atom. The highest BCUT2D eigenvalue weighted by Crippen LogP contribution is 2.08. The first-order valence-electron chi connectivity index (χ1n) is 4.81. The summed E-state index contributed by atoms with van der Waals surface area (Å²) in [6.45, 7) is 8.53. The topological polar surface area (TPSA) is 46.2 Å². The minimum Gasteiger partial charge on any atom is -0.508 e. The Morgan fingerprint density at radius 2 is 1.38 bits per heavy atom. The van der Waals surface area contributed by atoms with Crippen molar-refractivity contribution in [3.8, 4) is 5.75 Å². The van der Waals surface area contributed by atoms with Crippen LogP contribution < -0.4 is 5.73 Å². The number of nitrogens with two attached hydrogens (primary N) is 1. The maximum Gasteiger partial charge on any atom is 0.115 e. The molecule has 2 nitrogen and oxygen atoms in total. The van der Waals surface area contributed by atoms with Gasteiger partial charge in [0, 0.05) is 6.54 Å². The molecule has 1 aromatic rings. The molecular formula is C11H21NO. The normalized spacial score (nSPS) is 7.46. The second-order valence-electron chi connectivity index (χ2n) is 1.87. The van der Waals surface area contributed by atoms with E-state index in [0.29, 0.717) is 6.54 Å². The number of phenolic OH excluding ortho intramolecular Hbond substituents is 1. The maximum absolute atomic E-state index is 8.81. The Hall–Kier alpha value is -1.02. The van der Waals surface area contributed by atoms with Gasteiger partial charge in [-0.25, -0.2) is 0 Å². The van der Waals surface area contributed by atoms with Gasteiger partial charge < -0.3 is 10.8 Å². The van der Waals surface area contributed by atoms with E-state index in [2.05, 4.69) is 0 Å². The van der Waals surface area contributed by atoms with E-state index in [1.807, 2.05) is 27.7 Å². The highest BCUT2D eigenvalue weighted by Gasteiger charge is 1.86. The molecule has 1 rings (SSSR count). The first-order valence-corrected chi connectivity index (χ1v) is 4.81. The Bertz CT molecular complexity index is 182. The Morgan fingerprint density at radius 1 is 1.00 bits per heavy atom. The predicted molar refractivity (Wildman–Crippen MR) is 58.7 cm³/mol. The van der Waals surface area contributed by atoms with Gasteiger partial charge in [0.15, 0.2) is 0 Å². The summed E-state index contributed by atoms with van der Waals surface area (Å²) in [5.74, 6) is 0.284. The fraction of sp³-hybridized carbons (Fsp3) is 0.455. The van der Waals surface area contributed by atoms with Crippen molar-refractivity contribution in [2.75, 3.05) is 0 Å². The van der Waals surface area contributed by atoms with Gasteiger partial charge in [0.05, 0.1) is 0 Å². The Kier molecular flexibility index (Phi) is 12.2. The summed E-state index contributed by atoms with van der Waals surface area (Å²) in [5.41, 5.74) is 6.35. The van der Waals surface area contributed by atoms with Crippen LogP contribution in [-0.2, 0) is 6.54 Å². The second kappa shape index (κ2) is 11.0. The van der Waals surface area contributed by atoms with E-state index >= 15 is 0 Å².